The molecule has 0 atom stereocenters. The molecule has 1 rings (SSSR count). The van der Waals surface area contributed by atoms with Crippen LogP contribution in [0.15, 0.2) is 23.2 Å². The third kappa shape index (κ3) is 2.25. The minimum atomic E-state index is 0.602. The number of nitrogens with two attached hydrogens (primary N) is 1. The molecule has 4 heteroatoms. The summed E-state index contributed by atoms with van der Waals surface area (Å²) < 4.78 is 0. The van der Waals surface area contributed by atoms with E-state index in [0.29, 0.717) is 10.9 Å². The molecular formula is C10H14ClN3. The lowest BCUT2D eigenvalue weighted by molar-refractivity contribution is 1.02. The number of aliphatic imine (C=N–C) groups is 1. The Morgan fingerprint density at radius 2 is 2.29 bits per heavy atom. The summed E-state index contributed by atoms with van der Waals surface area (Å²) in [5.41, 5.74) is 4.58. The van der Waals surface area contributed by atoms with E-state index >= 15 is 0 Å². The number of nitrogens with one attached hydrogen (secondary N) is 1. The Morgan fingerprint density at radius 3 is 2.79 bits per heavy atom. The van der Waals surface area contributed by atoms with Crippen LogP contribution in [0.4, 0.5) is 0 Å². The summed E-state index contributed by atoms with van der Waals surface area (Å²) in [6.45, 7) is 2.09. The maximum Gasteiger partial charge on any atom is 0.143 e. The predicted octanol–water partition coefficient (Wildman–Crippen LogP) is 1.74. The van der Waals surface area contributed by atoms with Crippen LogP contribution in [-0.2, 0) is 6.42 Å². The molecule has 0 spiro atoms. The van der Waals surface area contributed by atoms with Crippen LogP contribution in [-0.4, -0.2) is 12.9 Å². The van der Waals surface area contributed by atoms with Crippen LogP contribution in [0.1, 0.15) is 18.1 Å². The summed E-state index contributed by atoms with van der Waals surface area (Å²) in [7, 11) is 1.67. The number of hydrazine groups is 1. The van der Waals surface area contributed by atoms with E-state index in [1.54, 1.807) is 7.05 Å². The first-order valence-corrected chi connectivity index (χ1v) is 4.83. The zero-order valence-corrected chi connectivity index (χ0v) is 9.10. The lowest BCUT2D eigenvalue weighted by atomic mass is 10.1. The highest BCUT2D eigenvalue weighted by Crippen LogP contribution is 2.18. The van der Waals surface area contributed by atoms with Crippen LogP contribution in [0.3, 0.4) is 0 Å². The molecule has 3 nitrogen and oxygen atoms in total. The highest BCUT2D eigenvalue weighted by Gasteiger charge is 2.06. The molecular weight excluding hydrogens is 198 g/mol. The standard InChI is InChI=1S/C10H14ClN3/c1-3-7-4-5-9(11)8(6-7)10(13-2)14-12/h4-6H,3,12H2,1-2H3,(H,13,14). The van der Waals surface area contributed by atoms with Gasteiger partial charge in [-0.25, -0.2) is 5.84 Å². The molecule has 76 valence electrons. The van der Waals surface area contributed by atoms with Crippen LogP contribution in [0.25, 0.3) is 0 Å². The highest BCUT2D eigenvalue weighted by molar-refractivity contribution is 6.34. The number of aryl methyl sites for hydroxylation is 1. The molecule has 0 saturated carbocycles. The number of hydrogen-bond donors (Lipinski definition) is 2. The first kappa shape index (κ1) is 11.0. The van der Waals surface area contributed by atoms with Crippen molar-refractivity contribution < 1.29 is 0 Å². The first-order chi connectivity index (χ1) is 6.72. The van der Waals surface area contributed by atoms with Crippen LogP contribution in [0.2, 0.25) is 5.02 Å². The van der Waals surface area contributed by atoms with Crippen molar-refractivity contribution in [3.63, 3.8) is 0 Å². The SMILES string of the molecule is CCc1ccc(Cl)c(C(=NC)NN)c1. The van der Waals surface area contributed by atoms with Crippen molar-refractivity contribution in [3.05, 3.63) is 34.3 Å². The van der Waals surface area contributed by atoms with Gasteiger partial charge in [0, 0.05) is 12.6 Å². The average Bonchev–Trinajstić information content (AvgIpc) is 2.22. The third-order valence-electron chi connectivity index (χ3n) is 2.05. The summed E-state index contributed by atoms with van der Waals surface area (Å²) in [4.78, 5) is 4.01. The van der Waals surface area contributed by atoms with E-state index in [2.05, 4.69) is 17.3 Å². The minimum absolute atomic E-state index is 0.602. The van der Waals surface area contributed by atoms with Gasteiger partial charge in [0.2, 0.25) is 0 Å². The maximum atomic E-state index is 6.03. The van der Waals surface area contributed by atoms with Gasteiger partial charge in [0.1, 0.15) is 5.84 Å². The zero-order valence-electron chi connectivity index (χ0n) is 8.34. The Balaban J connectivity index is 3.18. The Hall–Kier alpha value is -1.06. The molecule has 0 aromatic heterocycles. The fourth-order valence-corrected chi connectivity index (χ4v) is 1.44. The van der Waals surface area contributed by atoms with Crippen molar-refractivity contribution in [3.8, 4) is 0 Å². The van der Waals surface area contributed by atoms with Crippen molar-refractivity contribution in [1.82, 2.24) is 5.43 Å². The van der Waals surface area contributed by atoms with E-state index in [-0.39, 0.29) is 0 Å². The lowest BCUT2D eigenvalue weighted by Gasteiger charge is -2.08. The first-order valence-electron chi connectivity index (χ1n) is 4.45. The Bertz CT molecular complexity index is 347. The van der Waals surface area contributed by atoms with Crippen LogP contribution < -0.4 is 11.3 Å². The van der Waals surface area contributed by atoms with Gasteiger partial charge in [0.05, 0.1) is 5.02 Å². The largest absolute Gasteiger partial charge is 0.308 e. The second-order valence-corrected chi connectivity index (χ2v) is 3.29. The smallest absolute Gasteiger partial charge is 0.143 e. The summed E-state index contributed by atoms with van der Waals surface area (Å²) >= 11 is 6.03. The van der Waals surface area contributed by atoms with Crippen molar-refractivity contribution in [2.45, 2.75) is 13.3 Å². The zero-order chi connectivity index (χ0) is 10.6. The van der Waals surface area contributed by atoms with Gasteiger partial charge in [-0.3, -0.25) is 4.99 Å². The lowest BCUT2D eigenvalue weighted by Crippen LogP contribution is -2.31. The van der Waals surface area contributed by atoms with Gasteiger partial charge < -0.3 is 5.43 Å². The molecule has 0 unspecified atom stereocenters. The van der Waals surface area contributed by atoms with E-state index in [1.165, 1.54) is 5.56 Å². The van der Waals surface area contributed by atoms with Gasteiger partial charge in [-0.1, -0.05) is 24.6 Å². The van der Waals surface area contributed by atoms with Crippen molar-refractivity contribution in [2.75, 3.05) is 7.05 Å². The highest BCUT2D eigenvalue weighted by atomic mass is 35.5. The fourth-order valence-electron chi connectivity index (χ4n) is 1.24. The van der Waals surface area contributed by atoms with Gasteiger partial charge in [-0.05, 0) is 24.1 Å². The molecule has 3 N–H and O–H groups in total. The minimum Gasteiger partial charge on any atom is -0.308 e. The number of amidine groups is 1. The van der Waals surface area contributed by atoms with E-state index in [9.17, 15) is 0 Å². The van der Waals surface area contributed by atoms with Crippen molar-refractivity contribution in [2.24, 2.45) is 10.8 Å². The molecule has 14 heavy (non-hydrogen) atoms. The summed E-state index contributed by atoms with van der Waals surface area (Å²) in [5.74, 6) is 5.94. The van der Waals surface area contributed by atoms with Crippen LogP contribution in [0, 0.1) is 0 Å². The van der Waals surface area contributed by atoms with Gasteiger partial charge >= 0.3 is 0 Å². The number of benzene rings is 1. The van der Waals surface area contributed by atoms with Crippen LogP contribution in [0.5, 0.6) is 0 Å². The van der Waals surface area contributed by atoms with Gasteiger partial charge in [0.25, 0.3) is 0 Å². The number of rotatable bonds is 2. The summed E-state index contributed by atoms with van der Waals surface area (Å²) in [6.07, 6.45) is 0.964. The molecule has 0 saturated heterocycles. The Labute approximate surface area is 88.9 Å². The molecule has 0 aliphatic rings. The molecule has 0 aliphatic carbocycles. The number of hydrogen-bond acceptors (Lipinski definition) is 2. The molecule has 0 fully saturated rings. The molecule has 0 radical (unpaired) electrons. The van der Waals surface area contributed by atoms with Crippen molar-refractivity contribution >= 4 is 17.4 Å². The monoisotopic (exact) mass is 211 g/mol. The topological polar surface area (TPSA) is 50.4 Å². The second kappa shape index (κ2) is 4.98. The molecule has 0 bridgehead atoms. The van der Waals surface area contributed by atoms with E-state index < -0.39 is 0 Å². The van der Waals surface area contributed by atoms with Crippen molar-refractivity contribution in [1.29, 1.82) is 0 Å². The quantitative estimate of drug-likeness (QED) is 0.339. The molecule has 0 heterocycles. The van der Waals surface area contributed by atoms with Gasteiger partial charge in [-0.2, -0.15) is 0 Å². The van der Waals surface area contributed by atoms with E-state index in [1.807, 2.05) is 18.2 Å². The molecule has 1 aromatic rings. The number of nitrogens with zero attached hydrogens (tertiary/aromatic N) is 1. The molecule has 0 amide bonds. The van der Waals surface area contributed by atoms with E-state index in [0.717, 1.165) is 12.0 Å². The fraction of sp³-hybridized carbons (Fsp3) is 0.300. The van der Waals surface area contributed by atoms with Gasteiger partial charge in [-0.15, -0.1) is 0 Å². The molecule has 1 aromatic carbocycles. The van der Waals surface area contributed by atoms with E-state index in [4.69, 9.17) is 17.4 Å². The average molecular weight is 212 g/mol. The normalized spacial score (nSPS) is 11.6. The summed E-state index contributed by atoms with van der Waals surface area (Å²) in [6, 6.07) is 5.85. The maximum absolute atomic E-state index is 6.03. The second-order valence-electron chi connectivity index (χ2n) is 2.88. The van der Waals surface area contributed by atoms with Gasteiger partial charge in [0.15, 0.2) is 0 Å². The molecule has 0 aliphatic heterocycles. The number of halogens is 1. The third-order valence-corrected chi connectivity index (χ3v) is 2.38. The Kier molecular flexibility index (Phi) is 3.92. The van der Waals surface area contributed by atoms with Crippen LogP contribution >= 0.6 is 11.6 Å². The summed E-state index contributed by atoms with van der Waals surface area (Å²) in [5, 5.41) is 0.653. The Morgan fingerprint density at radius 1 is 1.57 bits per heavy atom. The predicted molar refractivity (Wildman–Crippen MR) is 60.6 cm³/mol.